The molecule has 1 unspecified atom stereocenters. The lowest BCUT2D eigenvalue weighted by molar-refractivity contribution is -0.146. The Bertz CT molecular complexity index is 429. The molecular weight excluding hydrogens is 234 g/mol. The molecule has 1 rings (SSSR count). The number of esters is 1. The Hall–Kier alpha value is -1.75. The van der Waals surface area contributed by atoms with Crippen molar-refractivity contribution >= 4 is 5.97 Å². The molecule has 2 N–H and O–H groups in total. The second kappa shape index (κ2) is 6.26. The summed E-state index contributed by atoms with van der Waals surface area (Å²) < 4.78 is 15.5. The standard InChI is InChI=1S/C13H19NO4/c1-8-5-10(16-3)6-12(17-4)11(8)7-18-13(15)9(2)14/h5-6,9H,7,14H2,1-4H3. The third-order valence-corrected chi connectivity index (χ3v) is 2.59. The third kappa shape index (κ3) is 3.37. The maximum absolute atomic E-state index is 11.3. The van der Waals surface area contributed by atoms with E-state index in [4.69, 9.17) is 19.9 Å². The number of aryl methyl sites for hydroxylation is 1. The first kappa shape index (κ1) is 14.3. The van der Waals surface area contributed by atoms with E-state index in [1.54, 1.807) is 27.2 Å². The molecule has 0 heterocycles. The molecule has 5 heteroatoms. The number of nitrogens with two attached hydrogens (primary N) is 1. The number of carbonyl (C=O) groups excluding carboxylic acids is 1. The number of ether oxygens (including phenoxy) is 3. The summed E-state index contributed by atoms with van der Waals surface area (Å²) in [5.41, 5.74) is 7.17. The predicted molar refractivity (Wildman–Crippen MR) is 67.7 cm³/mol. The molecule has 1 aromatic carbocycles. The summed E-state index contributed by atoms with van der Waals surface area (Å²) in [6.45, 7) is 3.62. The Kier molecular flexibility index (Phi) is 4.97. The summed E-state index contributed by atoms with van der Waals surface area (Å²) in [7, 11) is 3.15. The second-order valence-electron chi connectivity index (χ2n) is 4.02. The first-order chi connectivity index (χ1) is 8.49. The van der Waals surface area contributed by atoms with Crippen LogP contribution in [-0.2, 0) is 16.1 Å². The molecule has 0 saturated carbocycles. The SMILES string of the molecule is COc1cc(C)c(COC(=O)C(C)N)c(OC)c1. The van der Waals surface area contributed by atoms with Crippen molar-refractivity contribution in [2.24, 2.45) is 5.73 Å². The maximum atomic E-state index is 11.3. The van der Waals surface area contributed by atoms with E-state index in [0.29, 0.717) is 11.5 Å². The van der Waals surface area contributed by atoms with E-state index in [2.05, 4.69) is 0 Å². The first-order valence-electron chi connectivity index (χ1n) is 5.63. The molecular formula is C13H19NO4. The summed E-state index contributed by atoms with van der Waals surface area (Å²) in [5.74, 6) is 0.892. The van der Waals surface area contributed by atoms with Gasteiger partial charge in [0.05, 0.1) is 14.2 Å². The molecule has 5 nitrogen and oxygen atoms in total. The van der Waals surface area contributed by atoms with Crippen molar-refractivity contribution < 1.29 is 19.0 Å². The summed E-state index contributed by atoms with van der Waals surface area (Å²) in [6, 6.07) is 2.98. The molecule has 0 spiro atoms. The van der Waals surface area contributed by atoms with Gasteiger partial charge in [0, 0.05) is 11.6 Å². The van der Waals surface area contributed by atoms with E-state index < -0.39 is 12.0 Å². The van der Waals surface area contributed by atoms with Gasteiger partial charge in [0.2, 0.25) is 0 Å². The quantitative estimate of drug-likeness (QED) is 0.803. The molecule has 0 fully saturated rings. The van der Waals surface area contributed by atoms with Gasteiger partial charge in [-0.3, -0.25) is 4.79 Å². The van der Waals surface area contributed by atoms with Crippen molar-refractivity contribution in [2.75, 3.05) is 14.2 Å². The van der Waals surface area contributed by atoms with Crippen LogP contribution >= 0.6 is 0 Å². The van der Waals surface area contributed by atoms with Crippen LogP contribution in [0.1, 0.15) is 18.1 Å². The highest BCUT2D eigenvalue weighted by Gasteiger charge is 2.14. The minimum atomic E-state index is -0.630. The maximum Gasteiger partial charge on any atom is 0.322 e. The lowest BCUT2D eigenvalue weighted by Gasteiger charge is -2.14. The molecule has 18 heavy (non-hydrogen) atoms. The molecule has 0 radical (unpaired) electrons. The van der Waals surface area contributed by atoms with Crippen molar-refractivity contribution in [3.8, 4) is 11.5 Å². The number of carbonyl (C=O) groups is 1. The lowest BCUT2D eigenvalue weighted by atomic mass is 10.1. The molecule has 0 aliphatic heterocycles. The van der Waals surface area contributed by atoms with Crippen LogP contribution in [0.2, 0.25) is 0 Å². The highest BCUT2D eigenvalue weighted by atomic mass is 16.5. The van der Waals surface area contributed by atoms with Gasteiger partial charge < -0.3 is 19.9 Å². The minimum absolute atomic E-state index is 0.138. The molecule has 0 aliphatic carbocycles. The summed E-state index contributed by atoms with van der Waals surface area (Å²) in [5, 5.41) is 0. The molecule has 0 bridgehead atoms. The zero-order valence-electron chi connectivity index (χ0n) is 11.1. The van der Waals surface area contributed by atoms with E-state index in [1.807, 2.05) is 13.0 Å². The van der Waals surface area contributed by atoms with Crippen LogP contribution in [0, 0.1) is 6.92 Å². The average molecular weight is 253 g/mol. The van der Waals surface area contributed by atoms with Crippen LogP contribution in [0.4, 0.5) is 0 Å². The largest absolute Gasteiger partial charge is 0.497 e. The van der Waals surface area contributed by atoms with Crippen molar-refractivity contribution in [3.63, 3.8) is 0 Å². The summed E-state index contributed by atoms with van der Waals surface area (Å²) in [6.07, 6.45) is 0. The second-order valence-corrected chi connectivity index (χ2v) is 4.02. The topological polar surface area (TPSA) is 70.8 Å². The van der Waals surface area contributed by atoms with Crippen molar-refractivity contribution in [3.05, 3.63) is 23.3 Å². The third-order valence-electron chi connectivity index (χ3n) is 2.59. The van der Waals surface area contributed by atoms with Gasteiger partial charge in [0.25, 0.3) is 0 Å². The van der Waals surface area contributed by atoms with Crippen LogP contribution in [0.25, 0.3) is 0 Å². The Morgan fingerprint density at radius 3 is 2.50 bits per heavy atom. The van der Waals surface area contributed by atoms with Crippen molar-refractivity contribution in [1.82, 2.24) is 0 Å². The highest BCUT2D eigenvalue weighted by molar-refractivity contribution is 5.75. The Balaban J connectivity index is 2.91. The Morgan fingerprint density at radius 2 is 2.00 bits per heavy atom. The fourth-order valence-corrected chi connectivity index (χ4v) is 1.51. The van der Waals surface area contributed by atoms with E-state index in [0.717, 1.165) is 11.1 Å². The normalized spacial score (nSPS) is 11.8. The van der Waals surface area contributed by atoms with Crippen LogP contribution in [0.5, 0.6) is 11.5 Å². The molecule has 0 aliphatic rings. The van der Waals surface area contributed by atoms with Crippen LogP contribution < -0.4 is 15.2 Å². The molecule has 100 valence electrons. The zero-order chi connectivity index (χ0) is 13.7. The van der Waals surface area contributed by atoms with Gasteiger partial charge in [-0.15, -0.1) is 0 Å². The van der Waals surface area contributed by atoms with E-state index in [-0.39, 0.29) is 6.61 Å². The summed E-state index contributed by atoms with van der Waals surface area (Å²) >= 11 is 0. The molecule has 0 saturated heterocycles. The highest BCUT2D eigenvalue weighted by Crippen LogP contribution is 2.28. The van der Waals surface area contributed by atoms with Gasteiger partial charge in [0.1, 0.15) is 24.1 Å². The molecule has 0 aromatic heterocycles. The monoisotopic (exact) mass is 253 g/mol. The Morgan fingerprint density at radius 1 is 1.33 bits per heavy atom. The Labute approximate surface area is 107 Å². The van der Waals surface area contributed by atoms with Crippen molar-refractivity contribution in [1.29, 1.82) is 0 Å². The van der Waals surface area contributed by atoms with E-state index in [9.17, 15) is 4.79 Å². The average Bonchev–Trinajstić information content (AvgIpc) is 2.35. The number of benzene rings is 1. The molecule has 1 aromatic rings. The fraction of sp³-hybridized carbons (Fsp3) is 0.462. The van der Waals surface area contributed by atoms with Crippen LogP contribution in [0.15, 0.2) is 12.1 Å². The number of methoxy groups -OCH3 is 2. The van der Waals surface area contributed by atoms with Gasteiger partial charge >= 0.3 is 5.97 Å². The molecule has 0 amide bonds. The predicted octanol–water partition coefficient (Wildman–Crippen LogP) is 1.40. The number of hydrogen-bond donors (Lipinski definition) is 1. The van der Waals surface area contributed by atoms with Crippen LogP contribution in [-0.4, -0.2) is 26.2 Å². The van der Waals surface area contributed by atoms with Gasteiger partial charge in [-0.2, -0.15) is 0 Å². The fourth-order valence-electron chi connectivity index (χ4n) is 1.51. The van der Waals surface area contributed by atoms with E-state index >= 15 is 0 Å². The van der Waals surface area contributed by atoms with Gasteiger partial charge in [0.15, 0.2) is 0 Å². The zero-order valence-corrected chi connectivity index (χ0v) is 11.1. The first-order valence-corrected chi connectivity index (χ1v) is 5.63. The van der Waals surface area contributed by atoms with Crippen molar-refractivity contribution in [2.45, 2.75) is 26.5 Å². The van der Waals surface area contributed by atoms with Crippen LogP contribution in [0.3, 0.4) is 0 Å². The lowest BCUT2D eigenvalue weighted by Crippen LogP contribution is -2.28. The minimum Gasteiger partial charge on any atom is -0.497 e. The van der Waals surface area contributed by atoms with Gasteiger partial charge in [-0.05, 0) is 25.5 Å². The van der Waals surface area contributed by atoms with E-state index in [1.165, 1.54) is 0 Å². The number of hydrogen-bond acceptors (Lipinski definition) is 5. The summed E-state index contributed by atoms with van der Waals surface area (Å²) in [4.78, 5) is 11.3. The smallest absolute Gasteiger partial charge is 0.322 e. The van der Waals surface area contributed by atoms with Gasteiger partial charge in [-0.1, -0.05) is 0 Å². The molecule has 1 atom stereocenters. The van der Waals surface area contributed by atoms with Gasteiger partial charge in [-0.25, -0.2) is 0 Å². The number of rotatable bonds is 5.